The number of halogens is 1. The Morgan fingerprint density at radius 3 is 2.67 bits per heavy atom. The van der Waals surface area contributed by atoms with Crippen LogP contribution in [0.2, 0.25) is 0 Å². The molecule has 0 radical (unpaired) electrons. The number of aryl methyl sites for hydroxylation is 1. The van der Waals surface area contributed by atoms with E-state index >= 15 is 0 Å². The summed E-state index contributed by atoms with van der Waals surface area (Å²) in [5.41, 5.74) is 10.5. The van der Waals surface area contributed by atoms with Gasteiger partial charge in [-0.15, -0.1) is 0 Å². The van der Waals surface area contributed by atoms with Gasteiger partial charge in [0, 0.05) is 21.3 Å². The van der Waals surface area contributed by atoms with E-state index < -0.39 is 0 Å². The second-order valence-electron chi connectivity index (χ2n) is 4.93. The van der Waals surface area contributed by atoms with E-state index in [0.717, 1.165) is 21.2 Å². The van der Waals surface area contributed by atoms with Crippen LogP contribution in [-0.4, -0.2) is 10.1 Å². The second-order valence-corrected chi connectivity index (χ2v) is 5.78. The zero-order valence-corrected chi connectivity index (χ0v) is 13.3. The topological polar surface area (TPSA) is 64.9 Å². The highest BCUT2D eigenvalue weighted by atomic mass is 79.9. The highest BCUT2D eigenvalue weighted by Gasteiger charge is 2.15. The predicted molar refractivity (Wildman–Crippen MR) is 86.8 cm³/mol. The van der Waals surface area contributed by atoms with Gasteiger partial charge in [-0.05, 0) is 49.2 Å². The molecule has 0 amide bonds. The number of nitrogens with two attached hydrogens (primary N) is 1. The molecule has 0 unspecified atom stereocenters. The maximum Gasteiger partial charge on any atom is 0.258 e. The fraction of sp³-hybridized carbons (Fsp3) is 0.125. The smallest absolute Gasteiger partial charge is 0.258 e. The van der Waals surface area contributed by atoms with Crippen LogP contribution in [0.15, 0.2) is 45.4 Å². The van der Waals surface area contributed by atoms with E-state index in [1.54, 1.807) is 0 Å². The standard InChI is InChI=1S/C16H14BrN3O/c1-9-6-7-12(13(17)8-9)15-19-16(21-20-15)11-4-3-5-14(18)10(11)2/h3-8H,18H2,1-2H3. The summed E-state index contributed by atoms with van der Waals surface area (Å²) in [6.45, 7) is 3.97. The van der Waals surface area contributed by atoms with Crippen molar-refractivity contribution in [2.45, 2.75) is 13.8 Å². The van der Waals surface area contributed by atoms with E-state index in [1.165, 1.54) is 5.56 Å². The molecule has 0 spiro atoms. The van der Waals surface area contributed by atoms with Crippen molar-refractivity contribution < 1.29 is 4.52 Å². The molecule has 0 aliphatic carbocycles. The summed E-state index contributed by atoms with van der Waals surface area (Å²) in [6, 6.07) is 11.7. The maximum atomic E-state index is 5.92. The van der Waals surface area contributed by atoms with Crippen molar-refractivity contribution in [1.29, 1.82) is 0 Å². The lowest BCUT2D eigenvalue weighted by Gasteiger charge is -2.03. The molecule has 0 atom stereocenters. The van der Waals surface area contributed by atoms with Crippen LogP contribution in [0.5, 0.6) is 0 Å². The van der Waals surface area contributed by atoms with Gasteiger partial charge in [0.05, 0.1) is 0 Å². The molecule has 3 rings (SSSR count). The summed E-state index contributed by atoms with van der Waals surface area (Å²) in [6.07, 6.45) is 0. The van der Waals surface area contributed by atoms with Gasteiger partial charge in [0.2, 0.25) is 5.82 Å². The zero-order valence-electron chi connectivity index (χ0n) is 11.7. The number of nitrogens with zero attached hydrogens (tertiary/aromatic N) is 2. The fourth-order valence-electron chi connectivity index (χ4n) is 2.13. The third-order valence-corrected chi connectivity index (χ3v) is 4.05. The lowest BCUT2D eigenvalue weighted by Crippen LogP contribution is -1.92. The minimum absolute atomic E-state index is 0.474. The molecule has 1 aromatic heterocycles. The minimum Gasteiger partial charge on any atom is -0.398 e. The number of hydrogen-bond acceptors (Lipinski definition) is 4. The van der Waals surface area contributed by atoms with Gasteiger partial charge in [0.1, 0.15) is 0 Å². The van der Waals surface area contributed by atoms with E-state index in [4.69, 9.17) is 10.3 Å². The average Bonchev–Trinajstić information content (AvgIpc) is 2.91. The molecule has 0 saturated heterocycles. The van der Waals surface area contributed by atoms with Crippen molar-refractivity contribution in [3.8, 4) is 22.8 Å². The third kappa shape index (κ3) is 2.56. The van der Waals surface area contributed by atoms with Gasteiger partial charge in [0.15, 0.2) is 0 Å². The molecule has 1 heterocycles. The van der Waals surface area contributed by atoms with E-state index in [1.807, 2.05) is 50.2 Å². The predicted octanol–water partition coefficient (Wildman–Crippen LogP) is 4.37. The van der Waals surface area contributed by atoms with Crippen LogP contribution >= 0.6 is 15.9 Å². The van der Waals surface area contributed by atoms with Gasteiger partial charge < -0.3 is 10.3 Å². The van der Waals surface area contributed by atoms with Crippen molar-refractivity contribution in [2.75, 3.05) is 5.73 Å². The Hall–Kier alpha value is -2.14. The average molecular weight is 344 g/mol. The molecule has 3 aromatic rings. The van der Waals surface area contributed by atoms with Crippen molar-refractivity contribution in [3.63, 3.8) is 0 Å². The molecule has 2 aromatic carbocycles. The van der Waals surface area contributed by atoms with Gasteiger partial charge in [-0.1, -0.05) is 33.2 Å². The Bertz CT molecular complexity index is 811. The largest absolute Gasteiger partial charge is 0.398 e. The monoisotopic (exact) mass is 343 g/mol. The van der Waals surface area contributed by atoms with E-state index in [9.17, 15) is 0 Å². The summed E-state index contributed by atoms with van der Waals surface area (Å²) >= 11 is 3.53. The Morgan fingerprint density at radius 2 is 1.90 bits per heavy atom. The molecule has 5 heteroatoms. The minimum atomic E-state index is 0.474. The van der Waals surface area contributed by atoms with E-state index in [0.29, 0.717) is 17.4 Å². The molecule has 0 bridgehead atoms. The lowest BCUT2D eigenvalue weighted by atomic mass is 10.1. The highest BCUT2D eigenvalue weighted by Crippen LogP contribution is 2.30. The first-order valence-corrected chi connectivity index (χ1v) is 7.31. The normalized spacial score (nSPS) is 10.8. The first-order chi connectivity index (χ1) is 10.1. The van der Waals surface area contributed by atoms with Crippen LogP contribution in [0, 0.1) is 13.8 Å². The molecule has 0 saturated carbocycles. The van der Waals surface area contributed by atoms with Gasteiger partial charge >= 0.3 is 0 Å². The summed E-state index contributed by atoms with van der Waals surface area (Å²) in [5, 5.41) is 4.07. The number of hydrogen-bond donors (Lipinski definition) is 1. The summed E-state index contributed by atoms with van der Waals surface area (Å²) < 4.78 is 6.33. The van der Waals surface area contributed by atoms with Crippen LogP contribution in [0.3, 0.4) is 0 Å². The van der Waals surface area contributed by atoms with Crippen LogP contribution in [0.4, 0.5) is 5.69 Å². The Kier molecular flexibility index (Phi) is 3.51. The Morgan fingerprint density at radius 1 is 1.10 bits per heavy atom. The number of anilines is 1. The third-order valence-electron chi connectivity index (χ3n) is 3.40. The molecule has 0 fully saturated rings. The maximum absolute atomic E-state index is 5.92. The van der Waals surface area contributed by atoms with Crippen molar-refractivity contribution in [1.82, 2.24) is 10.1 Å². The summed E-state index contributed by atoms with van der Waals surface area (Å²) in [5.74, 6) is 1.03. The van der Waals surface area contributed by atoms with E-state index in [-0.39, 0.29) is 0 Å². The number of rotatable bonds is 2. The fourth-order valence-corrected chi connectivity index (χ4v) is 2.80. The van der Waals surface area contributed by atoms with Crippen LogP contribution < -0.4 is 5.73 Å². The zero-order chi connectivity index (χ0) is 15.0. The van der Waals surface area contributed by atoms with Crippen molar-refractivity contribution >= 4 is 21.6 Å². The molecular weight excluding hydrogens is 330 g/mol. The molecule has 4 nitrogen and oxygen atoms in total. The van der Waals surface area contributed by atoms with Crippen LogP contribution in [0.25, 0.3) is 22.8 Å². The quantitative estimate of drug-likeness (QED) is 0.702. The molecular formula is C16H14BrN3O. The van der Waals surface area contributed by atoms with Gasteiger partial charge in [-0.3, -0.25) is 0 Å². The number of benzene rings is 2. The van der Waals surface area contributed by atoms with Crippen molar-refractivity contribution in [2.24, 2.45) is 0 Å². The highest BCUT2D eigenvalue weighted by molar-refractivity contribution is 9.10. The first kappa shape index (κ1) is 13.8. The number of nitrogen functional groups attached to an aromatic ring is 1. The van der Waals surface area contributed by atoms with E-state index in [2.05, 4.69) is 26.1 Å². The van der Waals surface area contributed by atoms with Crippen LogP contribution in [-0.2, 0) is 0 Å². The van der Waals surface area contributed by atoms with Crippen LogP contribution in [0.1, 0.15) is 11.1 Å². The molecule has 2 N–H and O–H groups in total. The molecule has 21 heavy (non-hydrogen) atoms. The number of aromatic nitrogens is 2. The Labute approximate surface area is 131 Å². The summed E-state index contributed by atoms with van der Waals surface area (Å²) in [7, 11) is 0. The molecule has 106 valence electrons. The van der Waals surface area contributed by atoms with Crippen molar-refractivity contribution in [3.05, 3.63) is 52.0 Å². The van der Waals surface area contributed by atoms with Gasteiger partial charge in [0.25, 0.3) is 5.89 Å². The molecule has 0 aliphatic rings. The SMILES string of the molecule is Cc1ccc(-c2noc(-c3cccc(N)c3C)n2)c(Br)c1. The lowest BCUT2D eigenvalue weighted by molar-refractivity contribution is 0.432. The Balaban J connectivity index is 2.06. The summed E-state index contributed by atoms with van der Waals surface area (Å²) in [4.78, 5) is 4.48. The van der Waals surface area contributed by atoms with Gasteiger partial charge in [-0.25, -0.2) is 0 Å². The molecule has 0 aliphatic heterocycles. The second kappa shape index (κ2) is 5.33. The van der Waals surface area contributed by atoms with Gasteiger partial charge in [-0.2, -0.15) is 4.98 Å². The first-order valence-electron chi connectivity index (χ1n) is 6.52.